The van der Waals surface area contributed by atoms with Gasteiger partial charge in [-0.2, -0.15) is 0 Å². The van der Waals surface area contributed by atoms with E-state index < -0.39 is 0 Å². The fraction of sp³-hybridized carbons (Fsp3) is 0.727. The summed E-state index contributed by atoms with van der Waals surface area (Å²) in [5.74, 6) is 0.165. The normalized spacial score (nSPS) is 22.7. The molecule has 0 spiro atoms. The van der Waals surface area contributed by atoms with Crippen LogP contribution in [0.5, 0.6) is 0 Å². The van der Waals surface area contributed by atoms with Crippen molar-refractivity contribution >= 4 is 28.5 Å². The zero-order chi connectivity index (χ0) is 11.3. The van der Waals surface area contributed by atoms with Gasteiger partial charge in [-0.15, -0.1) is 0 Å². The number of halogens is 1. The van der Waals surface area contributed by atoms with E-state index in [0.29, 0.717) is 3.92 Å². The average Bonchev–Trinajstić information content (AvgIpc) is 2.17. The molecule has 0 aromatic rings. The number of likely N-dealkylation sites (N-methyl/N-ethyl adjacent to an activating group) is 1. The highest BCUT2D eigenvalue weighted by Gasteiger charge is 2.19. The highest BCUT2D eigenvalue weighted by molar-refractivity contribution is 14.1. The van der Waals surface area contributed by atoms with Gasteiger partial charge in [-0.25, -0.2) is 0 Å². The van der Waals surface area contributed by atoms with Crippen molar-refractivity contribution in [3.05, 3.63) is 12.2 Å². The Morgan fingerprint density at radius 2 is 2.33 bits per heavy atom. The second-order valence-corrected chi connectivity index (χ2v) is 5.95. The minimum Gasteiger partial charge on any atom is -0.338 e. The first-order chi connectivity index (χ1) is 7.09. The molecule has 0 saturated carbocycles. The summed E-state index contributed by atoms with van der Waals surface area (Å²) < 4.78 is 0.627. The van der Waals surface area contributed by atoms with Gasteiger partial charge in [-0.3, -0.25) is 4.79 Å². The summed E-state index contributed by atoms with van der Waals surface area (Å²) in [6, 6.07) is 0. The Morgan fingerprint density at radius 1 is 1.60 bits per heavy atom. The van der Waals surface area contributed by atoms with E-state index in [1.807, 2.05) is 30.0 Å². The van der Waals surface area contributed by atoms with Gasteiger partial charge >= 0.3 is 0 Å². The summed E-state index contributed by atoms with van der Waals surface area (Å²) in [4.78, 5) is 15.7. The molecule has 1 heterocycles. The molecule has 0 aromatic carbocycles. The first-order valence-electron chi connectivity index (χ1n) is 5.34. The molecule has 0 N–H and O–H groups in total. The summed E-state index contributed by atoms with van der Waals surface area (Å²) in [5.41, 5.74) is 0. The molecule has 1 unspecified atom stereocenters. The topological polar surface area (TPSA) is 23.6 Å². The molecule has 1 amide bonds. The number of carbonyl (C=O) groups is 1. The molecular formula is C11H19IN2O. The zero-order valence-corrected chi connectivity index (χ0v) is 11.6. The van der Waals surface area contributed by atoms with Crippen LogP contribution in [0, 0.1) is 0 Å². The first-order valence-corrected chi connectivity index (χ1v) is 6.58. The number of alkyl halides is 1. The molecule has 0 radical (unpaired) electrons. The number of amides is 1. The molecule has 1 atom stereocenters. The van der Waals surface area contributed by atoms with Crippen molar-refractivity contribution in [2.45, 2.75) is 16.8 Å². The Morgan fingerprint density at radius 3 is 2.93 bits per heavy atom. The molecule has 0 aromatic heterocycles. The maximum atomic E-state index is 11.7. The van der Waals surface area contributed by atoms with Crippen molar-refractivity contribution < 1.29 is 4.79 Å². The number of piperidine rings is 1. The van der Waals surface area contributed by atoms with Gasteiger partial charge in [-0.05, 0) is 26.9 Å². The summed E-state index contributed by atoms with van der Waals surface area (Å²) >= 11 is 2.43. The van der Waals surface area contributed by atoms with Crippen LogP contribution in [0.4, 0.5) is 0 Å². The van der Waals surface area contributed by atoms with Crippen LogP contribution >= 0.6 is 22.6 Å². The molecular weight excluding hydrogens is 303 g/mol. The largest absolute Gasteiger partial charge is 0.338 e. The van der Waals surface area contributed by atoms with Gasteiger partial charge in [0.1, 0.15) is 0 Å². The minimum absolute atomic E-state index is 0.165. The predicted octanol–water partition coefficient (Wildman–Crippen LogP) is 1.53. The minimum atomic E-state index is 0.165. The van der Waals surface area contributed by atoms with Crippen molar-refractivity contribution in [3.8, 4) is 0 Å². The van der Waals surface area contributed by atoms with Crippen LogP contribution in [-0.4, -0.2) is 53.4 Å². The quantitative estimate of drug-likeness (QED) is 0.447. The molecule has 1 rings (SSSR count). The van der Waals surface area contributed by atoms with Gasteiger partial charge in [0.2, 0.25) is 5.91 Å². The van der Waals surface area contributed by atoms with Crippen molar-refractivity contribution in [1.82, 2.24) is 9.80 Å². The second-order valence-electron chi connectivity index (χ2n) is 4.19. The average molecular weight is 322 g/mol. The van der Waals surface area contributed by atoms with E-state index in [9.17, 15) is 4.79 Å². The fourth-order valence-electron chi connectivity index (χ4n) is 1.60. The van der Waals surface area contributed by atoms with Crippen LogP contribution < -0.4 is 0 Å². The first kappa shape index (κ1) is 13.0. The van der Waals surface area contributed by atoms with Crippen LogP contribution in [0.25, 0.3) is 0 Å². The Bertz CT molecular complexity index is 241. The number of hydrogen-bond acceptors (Lipinski definition) is 2. The predicted molar refractivity (Wildman–Crippen MR) is 71.3 cm³/mol. The van der Waals surface area contributed by atoms with Crippen LogP contribution in [0.3, 0.4) is 0 Å². The maximum Gasteiger partial charge on any atom is 0.246 e. The Hall–Kier alpha value is -0.100. The third-order valence-corrected chi connectivity index (χ3v) is 3.42. The molecule has 86 valence electrons. The molecule has 0 aliphatic carbocycles. The molecule has 0 bridgehead atoms. The summed E-state index contributed by atoms with van der Waals surface area (Å²) in [5, 5.41) is 0. The van der Waals surface area contributed by atoms with Gasteiger partial charge in [0, 0.05) is 29.6 Å². The Balaban J connectivity index is 2.35. The summed E-state index contributed by atoms with van der Waals surface area (Å²) in [7, 11) is 3.99. The SMILES string of the molecule is CN(C)C/C=C/C(=O)N1CCCC(I)C1. The van der Waals surface area contributed by atoms with Crippen LogP contribution in [0.1, 0.15) is 12.8 Å². The number of rotatable bonds is 3. The van der Waals surface area contributed by atoms with Crippen LogP contribution in [0.2, 0.25) is 0 Å². The molecule has 3 nitrogen and oxygen atoms in total. The van der Waals surface area contributed by atoms with E-state index in [2.05, 4.69) is 22.6 Å². The number of likely N-dealkylation sites (tertiary alicyclic amines) is 1. The smallest absolute Gasteiger partial charge is 0.246 e. The Labute approximate surface area is 106 Å². The molecule has 1 fully saturated rings. The number of hydrogen-bond donors (Lipinski definition) is 0. The zero-order valence-electron chi connectivity index (χ0n) is 9.45. The van der Waals surface area contributed by atoms with Crippen LogP contribution in [-0.2, 0) is 4.79 Å². The van der Waals surface area contributed by atoms with E-state index in [4.69, 9.17) is 0 Å². The van der Waals surface area contributed by atoms with E-state index in [-0.39, 0.29) is 5.91 Å². The van der Waals surface area contributed by atoms with Crippen molar-refractivity contribution in [2.75, 3.05) is 33.7 Å². The lowest BCUT2D eigenvalue weighted by Gasteiger charge is -2.29. The van der Waals surface area contributed by atoms with Crippen LogP contribution in [0.15, 0.2) is 12.2 Å². The van der Waals surface area contributed by atoms with Crippen molar-refractivity contribution in [1.29, 1.82) is 0 Å². The lowest BCUT2D eigenvalue weighted by atomic mass is 10.1. The van der Waals surface area contributed by atoms with Gasteiger partial charge < -0.3 is 9.80 Å². The second kappa shape index (κ2) is 6.48. The molecule has 1 aliphatic rings. The summed E-state index contributed by atoms with van der Waals surface area (Å²) in [6.45, 7) is 2.66. The summed E-state index contributed by atoms with van der Waals surface area (Å²) in [6.07, 6.45) is 6.01. The fourth-order valence-corrected chi connectivity index (χ4v) is 2.51. The highest BCUT2D eigenvalue weighted by Crippen LogP contribution is 2.17. The van der Waals surface area contributed by atoms with Crippen molar-refractivity contribution in [3.63, 3.8) is 0 Å². The Kier molecular flexibility index (Phi) is 5.60. The van der Waals surface area contributed by atoms with Gasteiger partial charge in [-0.1, -0.05) is 28.7 Å². The third-order valence-electron chi connectivity index (χ3n) is 2.41. The number of carbonyl (C=O) groups excluding carboxylic acids is 1. The molecule has 1 saturated heterocycles. The monoisotopic (exact) mass is 322 g/mol. The van der Waals surface area contributed by atoms with Gasteiger partial charge in [0.25, 0.3) is 0 Å². The maximum absolute atomic E-state index is 11.7. The van der Waals surface area contributed by atoms with Gasteiger partial charge in [0.05, 0.1) is 0 Å². The molecule has 15 heavy (non-hydrogen) atoms. The lowest BCUT2D eigenvalue weighted by Crippen LogP contribution is -2.39. The molecule has 4 heteroatoms. The highest BCUT2D eigenvalue weighted by atomic mass is 127. The van der Waals surface area contributed by atoms with E-state index in [1.54, 1.807) is 6.08 Å². The van der Waals surface area contributed by atoms with E-state index >= 15 is 0 Å². The van der Waals surface area contributed by atoms with E-state index in [1.165, 1.54) is 6.42 Å². The number of nitrogens with zero attached hydrogens (tertiary/aromatic N) is 2. The van der Waals surface area contributed by atoms with E-state index in [0.717, 1.165) is 26.1 Å². The van der Waals surface area contributed by atoms with Crippen molar-refractivity contribution in [2.24, 2.45) is 0 Å². The standard InChI is InChI=1S/C11H19IN2O/c1-13(2)7-4-6-11(15)14-8-3-5-10(12)9-14/h4,6,10H,3,5,7-9H2,1-2H3/b6-4+. The third kappa shape index (κ3) is 4.97. The molecule has 1 aliphatic heterocycles. The lowest BCUT2D eigenvalue weighted by molar-refractivity contribution is -0.126. The van der Waals surface area contributed by atoms with Gasteiger partial charge in [0.15, 0.2) is 0 Å².